The molecule has 32 heavy (non-hydrogen) atoms. The Morgan fingerprint density at radius 2 is 1.84 bits per heavy atom. The average molecular weight is 446 g/mol. The third-order valence-corrected chi connectivity index (χ3v) is 5.47. The van der Waals surface area contributed by atoms with Crippen LogP contribution in [0, 0.1) is 16.7 Å². The van der Waals surface area contributed by atoms with Gasteiger partial charge in [0.2, 0.25) is 5.95 Å². The number of ether oxygens (including phenoxy) is 2. The van der Waals surface area contributed by atoms with Crippen molar-refractivity contribution < 1.29 is 19.1 Å². The molecule has 2 aromatic rings. The van der Waals surface area contributed by atoms with Crippen LogP contribution in [-0.4, -0.2) is 44.2 Å². The first-order valence-electron chi connectivity index (χ1n) is 10.5. The smallest absolute Gasteiger partial charge is 0.311 e. The van der Waals surface area contributed by atoms with Gasteiger partial charge in [-0.05, 0) is 47.1 Å². The second-order valence-corrected chi connectivity index (χ2v) is 10.3. The summed E-state index contributed by atoms with van der Waals surface area (Å²) in [7, 11) is 0. The van der Waals surface area contributed by atoms with Crippen molar-refractivity contribution in [1.82, 2.24) is 19.5 Å². The predicted molar refractivity (Wildman–Crippen MR) is 119 cm³/mol. The van der Waals surface area contributed by atoms with E-state index in [0.717, 1.165) is 0 Å². The molecule has 1 aliphatic carbocycles. The highest BCUT2D eigenvalue weighted by Crippen LogP contribution is 2.42. The first kappa shape index (κ1) is 23.5. The summed E-state index contributed by atoms with van der Waals surface area (Å²) >= 11 is 0. The van der Waals surface area contributed by atoms with Crippen LogP contribution in [-0.2, 0) is 19.1 Å². The Morgan fingerprint density at radius 3 is 2.44 bits per heavy atom. The van der Waals surface area contributed by atoms with Crippen LogP contribution in [0.3, 0.4) is 0 Å². The van der Waals surface area contributed by atoms with Crippen molar-refractivity contribution in [3.63, 3.8) is 0 Å². The van der Waals surface area contributed by atoms with Gasteiger partial charge in [0, 0.05) is 6.42 Å². The van der Waals surface area contributed by atoms with Gasteiger partial charge in [0.1, 0.15) is 12.7 Å². The standard InChI is InChI=1S/C22H31N5O5/c1-11-12(9-31-18(29)21(2,3)4)14(32-19(30)22(5,6)7)8-13(11)27-10-24-15-16(27)25-20(23)26-17(15)28/h10,12-14H,1,8-9H2,2-7H3,(H3,23,25,26,28)/t12-,13-,14-/m0/s1. The molecule has 0 bridgehead atoms. The maximum Gasteiger partial charge on any atom is 0.311 e. The van der Waals surface area contributed by atoms with Crippen molar-refractivity contribution in [2.75, 3.05) is 12.3 Å². The van der Waals surface area contributed by atoms with Crippen molar-refractivity contribution in [1.29, 1.82) is 0 Å². The molecule has 1 fully saturated rings. The van der Waals surface area contributed by atoms with Crippen molar-refractivity contribution in [3.05, 3.63) is 28.8 Å². The molecule has 0 unspecified atom stereocenters. The topological polar surface area (TPSA) is 142 Å². The molecular weight excluding hydrogens is 414 g/mol. The first-order chi connectivity index (χ1) is 14.7. The zero-order valence-electron chi connectivity index (χ0n) is 19.4. The summed E-state index contributed by atoms with van der Waals surface area (Å²) in [5.74, 6) is -1.17. The van der Waals surface area contributed by atoms with E-state index in [1.54, 1.807) is 46.1 Å². The molecule has 10 nitrogen and oxygen atoms in total. The fourth-order valence-corrected chi connectivity index (χ4v) is 3.53. The number of fused-ring (bicyclic) bond motifs is 1. The number of nitrogens with one attached hydrogen (secondary N) is 1. The van der Waals surface area contributed by atoms with Crippen molar-refractivity contribution in [2.45, 2.75) is 60.1 Å². The Balaban J connectivity index is 1.94. The third-order valence-electron chi connectivity index (χ3n) is 5.47. The van der Waals surface area contributed by atoms with E-state index < -0.39 is 28.4 Å². The number of hydrogen-bond acceptors (Lipinski definition) is 8. The quantitative estimate of drug-likeness (QED) is 0.539. The number of hydrogen-bond donors (Lipinski definition) is 2. The number of rotatable bonds is 4. The lowest BCUT2D eigenvalue weighted by molar-refractivity contribution is -0.163. The molecule has 1 aliphatic rings. The summed E-state index contributed by atoms with van der Waals surface area (Å²) in [5, 5.41) is 0. The van der Waals surface area contributed by atoms with Crippen LogP contribution in [0.2, 0.25) is 0 Å². The van der Waals surface area contributed by atoms with Crippen LogP contribution in [0.15, 0.2) is 23.3 Å². The maximum absolute atomic E-state index is 12.6. The molecule has 3 atom stereocenters. The van der Waals surface area contributed by atoms with Gasteiger partial charge in [-0.2, -0.15) is 4.98 Å². The van der Waals surface area contributed by atoms with E-state index >= 15 is 0 Å². The number of anilines is 1. The van der Waals surface area contributed by atoms with Gasteiger partial charge in [0.25, 0.3) is 5.56 Å². The molecule has 174 valence electrons. The normalized spacial score (nSPS) is 21.7. The van der Waals surface area contributed by atoms with Gasteiger partial charge in [-0.3, -0.25) is 19.4 Å². The Morgan fingerprint density at radius 1 is 1.22 bits per heavy atom. The molecule has 10 heteroatoms. The molecule has 0 amide bonds. The van der Waals surface area contributed by atoms with E-state index in [-0.39, 0.29) is 36.1 Å². The average Bonchev–Trinajstić information content (AvgIpc) is 3.19. The van der Waals surface area contributed by atoms with Gasteiger partial charge >= 0.3 is 11.9 Å². The SMILES string of the molecule is C=C1[C@H](COC(=O)C(C)(C)C)[C@@H](OC(=O)C(C)(C)C)C[C@@H]1n1cnc2c(=O)[nH]c(N)nc21. The lowest BCUT2D eigenvalue weighted by Crippen LogP contribution is -2.33. The molecule has 3 N–H and O–H groups in total. The molecule has 3 rings (SSSR count). The predicted octanol–water partition coefficient (Wildman–Crippen LogP) is 2.37. The van der Waals surface area contributed by atoms with E-state index in [0.29, 0.717) is 17.6 Å². The fraction of sp³-hybridized carbons (Fsp3) is 0.591. The number of esters is 2. The Labute approximate surface area is 186 Å². The van der Waals surface area contributed by atoms with Gasteiger partial charge in [-0.15, -0.1) is 0 Å². The van der Waals surface area contributed by atoms with Gasteiger partial charge in [0.05, 0.1) is 29.1 Å². The van der Waals surface area contributed by atoms with Crippen LogP contribution >= 0.6 is 0 Å². The largest absolute Gasteiger partial charge is 0.464 e. The molecule has 1 saturated carbocycles. The van der Waals surface area contributed by atoms with E-state index in [9.17, 15) is 14.4 Å². The van der Waals surface area contributed by atoms with Crippen molar-refractivity contribution in [3.8, 4) is 0 Å². The molecule has 0 radical (unpaired) electrons. The van der Waals surface area contributed by atoms with Gasteiger partial charge in [0.15, 0.2) is 11.2 Å². The molecule has 0 spiro atoms. The van der Waals surface area contributed by atoms with Crippen LogP contribution in [0.4, 0.5) is 5.95 Å². The summed E-state index contributed by atoms with van der Waals surface area (Å²) in [6.45, 7) is 14.9. The van der Waals surface area contributed by atoms with Crippen LogP contribution in [0.25, 0.3) is 11.2 Å². The number of H-pyrrole nitrogens is 1. The van der Waals surface area contributed by atoms with E-state index in [4.69, 9.17) is 15.2 Å². The summed E-state index contributed by atoms with van der Waals surface area (Å²) in [6.07, 6.45) is 1.30. The lowest BCUT2D eigenvalue weighted by atomic mass is 9.96. The lowest BCUT2D eigenvalue weighted by Gasteiger charge is -2.25. The zero-order valence-corrected chi connectivity index (χ0v) is 19.4. The molecule has 0 saturated heterocycles. The first-order valence-corrected chi connectivity index (χ1v) is 10.5. The Hall–Kier alpha value is -3.17. The van der Waals surface area contributed by atoms with Crippen LogP contribution < -0.4 is 11.3 Å². The van der Waals surface area contributed by atoms with Gasteiger partial charge < -0.3 is 19.8 Å². The molecule has 2 aromatic heterocycles. The minimum atomic E-state index is -0.697. The number of nitrogens with zero attached hydrogens (tertiary/aromatic N) is 3. The number of nitrogen functional groups attached to an aromatic ring is 1. The number of aromatic amines is 1. The number of nitrogens with two attached hydrogens (primary N) is 1. The van der Waals surface area contributed by atoms with Gasteiger partial charge in [-0.1, -0.05) is 6.58 Å². The van der Waals surface area contributed by atoms with Crippen LogP contribution in [0.5, 0.6) is 0 Å². The third kappa shape index (κ3) is 4.53. The summed E-state index contributed by atoms with van der Waals surface area (Å²) in [4.78, 5) is 47.9. The zero-order chi connectivity index (χ0) is 24.0. The monoisotopic (exact) mass is 445 g/mol. The highest BCUT2D eigenvalue weighted by molar-refractivity contribution is 5.76. The van der Waals surface area contributed by atoms with E-state index in [2.05, 4.69) is 21.5 Å². The number of aromatic nitrogens is 4. The highest BCUT2D eigenvalue weighted by atomic mass is 16.6. The Kier molecular flexibility index (Phi) is 5.92. The Bertz CT molecular complexity index is 1120. The summed E-state index contributed by atoms with van der Waals surface area (Å²) in [5.41, 5.74) is 5.07. The van der Waals surface area contributed by atoms with Crippen molar-refractivity contribution >= 4 is 29.1 Å². The highest BCUT2D eigenvalue weighted by Gasteiger charge is 2.44. The van der Waals surface area contributed by atoms with E-state index in [1.807, 2.05) is 0 Å². The second-order valence-electron chi connectivity index (χ2n) is 10.3. The minimum absolute atomic E-state index is 0.0241. The molecule has 2 heterocycles. The summed E-state index contributed by atoms with van der Waals surface area (Å²) < 4.78 is 13.1. The number of imidazole rings is 1. The van der Waals surface area contributed by atoms with E-state index in [1.165, 1.54) is 6.33 Å². The molecule has 0 aliphatic heterocycles. The second kappa shape index (κ2) is 8.07. The maximum atomic E-state index is 12.6. The van der Waals surface area contributed by atoms with Gasteiger partial charge in [-0.25, -0.2) is 4.98 Å². The number of carbonyl (C=O) groups is 2. The minimum Gasteiger partial charge on any atom is -0.464 e. The molecule has 0 aromatic carbocycles. The summed E-state index contributed by atoms with van der Waals surface area (Å²) in [6, 6.07) is -0.371. The van der Waals surface area contributed by atoms with Crippen molar-refractivity contribution in [2.24, 2.45) is 16.7 Å². The molecular formula is C22H31N5O5. The number of carbonyl (C=O) groups excluding carboxylic acids is 2. The fourth-order valence-electron chi connectivity index (χ4n) is 3.53. The van der Waals surface area contributed by atoms with Crippen LogP contribution in [0.1, 0.15) is 54.0 Å².